The van der Waals surface area contributed by atoms with Gasteiger partial charge in [0.1, 0.15) is 0 Å². The summed E-state index contributed by atoms with van der Waals surface area (Å²) in [6.07, 6.45) is 4.16. The van der Waals surface area contributed by atoms with E-state index in [-0.39, 0.29) is 5.91 Å². The van der Waals surface area contributed by atoms with Gasteiger partial charge in [0.2, 0.25) is 0 Å². The quantitative estimate of drug-likeness (QED) is 0.897. The molecular formula is C17H16BrN3O2. The largest absolute Gasteiger partial charge is 0.365 e. The fourth-order valence-electron chi connectivity index (χ4n) is 2.62. The van der Waals surface area contributed by atoms with Crippen molar-refractivity contribution in [2.45, 2.75) is 25.5 Å². The smallest absolute Gasteiger partial charge is 0.278 e. The van der Waals surface area contributed by atoms with E-state index in [1.54, 1.807) is 42.7 Å². The molecule has 1 aliphatic rings. The molecule has 0 fully saturated rings. The van der Waals surface area contributed by atoms with Gasteiger partial charge in [-0.25, -0.2) is 0 Å². The molecule has 1 unspecified atom stereocenters. The summed E-state index contributed by atoms with van der Waals surface area (Å²) in [5.41, 5.74) is 0.353. The number of rotatable bonds is 3. The zero-order chi connectivity index (χ0) is 16.4. The first-order valence-electron chi connectivity index (χ1n) is 7.34. The van der Waals surface area contributed by atoms with Gasteiger partial charge in [0, 0.05) is 34.6 Å². The highest BCUT2D eigenvalue weighted by molar-refractivity contribution is 9.10. The van der Waals surface area contributed by atoms with Crippen molar-refractivity contribution in [1.82, 2.24) is 9.99 Å². The maximum Gasteiger partial charge on any atom is 0.278 e. The predicted molar refractivity (Wildman–Crippen MR) is 90.8 cm³/mol. The topological polar surface area (TPSA) is 65.8 Å². The van der Waals surface area contributed by atoms with Crippen LogP contribution in [0.25, 0.3) is 0 Å². The van der Waals surface area contributed by atoms with E-state index in [0.717, 1.165) is 5.71 Å². The number of aliphatic hydroxyl groups is 1. The first-order chi connectivity index (χ1) is 11.1. The van der Waals surface area contributed by atoms with Crippen molar-refractivity contribution in [3.05, 3.63) is 64.4 Å². The number of carbonyl (C=O) groups is 1. The Balaban J connectivity index is 2.05. The SMILES string of the molecule is CCC1=NN(C(=O)c2ccccc2Br)C(O)(c2ccncc2)C1. The van der Waals surface area contributed by atoms with Crippen LogP contribution in [0.2, 0.25) is 0 Å². The second kappa shape index (κ2) is 6.22. The average molecular weight is 374 g/mol. The number of aromatic nitrogens is 1. The normalized spacial score (nSPS) is 20.5. The molecule has 0 spiro atoms. The summed E-state index contributed by atoms with van der Waals surface area (Å²) in [5, 5.41) is 16.7. The third-order valence-corrected chi connectivity index (χ3v) is 4.58. The number of hydrogen-bond acceptors (Lipinski definition) is 4. The first kappa shape index (κ1) is 15.8. The molecule has 0 saturated heterocycles. The molecule has 1 aromatic carbocycles. The lowest BCUT2D eigenvalue weighted by Crippen LogP contribution is -2.43. The fourth-order valence-corrected chi connectivity index (χ4v) is 3.07. The van der Waals surface area contributed by atoms with E-state index in [1.165, 1.54) is 5.01 Å². The van der Waals surface area contributed by atoms with Crippen LogP contribution >= 0.6 is 15.9 Å². The molecule has 3 rings (SSSR count). The van der Waals surface area contributed by atoms with Gasteiger partial charge in [-0.2, -0.15) is 10.1 Å². The van der Waals surface area contributed by atoms with Crippen molar-refractivity contribution in [1.29, 1.82) is 0 Å². The minimum Gasteiger partial charge on any atom is -0.365 e. The van der Waals surface area contributed by atoms with Gasteiger partial charge in [-0.05, 0) is 46.6 Å². The molecule has 5 nitrogen and oxygen atoms in total. The molecule has 2 heterocycles. The zero-order valence-corrected chi connectivity index (χ0v) is 14.2. The first-order valence-corrected chi connectivity index (χ1v) is 8.14. The van der Waals surface area contributed by atoms with Crippen LogP contribution in [0.3, 0.4) is 0 Å². The number of hydrogen-bond donors (Lipinski definition) is 1. The molecule has 0 radical (unpaired) electrons. The summed E-state index contributed by atoms with van der Waals surface area (Å²) in [6, 6.07) is 10.5. The third kappa shape index (κ3) is 2.80. The molecule has 1 aliphatic heterocycles. The maximum absolute atomic E-state index is 12.9. The number of benzene rings is 1. The molecule has 0 saturated carbocycles. The Kier molecular flexibility index (Phi) is 4.28. The van der Waals surface area contributed by atoms with Crippen molar-refractivity contribution in [2.24, 2.45) is 5.10 Å². The number of hydrazone groups is 1. The number of carbonyl (C=O) groups excluding carboxylic acids is 1. The Hall–Kier alpha value is -2.05. The van der Waals surface area contributed by atoms with Gasteiger partial charge in [-0.15, -0.1) is 0 Å². The van der Waals surface area contributed by atoms with Gasteiger partial charge >= 0.3 is 0 Å². The Morgan fingerprint density at radius 2 is 2.00 bits per heavy atom. The molecule has 23 heavy (non-hydrogen) atoms. The summed E-state index contributed by atoms with van der Waals surface area (Å²) in [4.78, 5) is 16.9. The minimum absolute atomic E-state index is 0.295. The molecule has 1 amide bonds. The number of pyridine rings is 1. The van der Waals surface area contributed by atoms with Crippen molar-refractivity contribution >= 4 is 27.5 Å². The lowest BCUT2D eigenvalue weighted by atomic mass is 9.97. The number of nitrogens with zero attached hydrogens (tertiary/aromatic N) is 3. The highest BCUT2D eigenvalue weighted by Crippen LogP contribution is 2.37. The maximum atomic E-state index is 12.9. The van der Waals surface area contributed by atoms with Crippen LogP contribution in [-0.4, -0.2) is 26.7 Å². The van der Waals surface area contributed by atoms with Crippen molar-refractivity contribution in [2.75, 3.05) is 0 Å². The molecular weight excluding hydrogens is 358 g/mol. The Labute approximate surface area is 142 Å². The highest BCUT2D eigenvalue weighted by Gasteiger charge is 2.45. The van der Waals surface area contributed by atoms with E-state index in [1.807, 2.05) is 13.0 Å². The molecule has 118 valence electrons. The van der Waals surface area contributed by atoms with Gasteiger partial charge in [0.25, 0.3) is 5.91 Å². The Morgan fingerprint density at radius 1 is 1.30 bits per heavy atom. The molecule has 0 bridgehead atoms. The lowest BCUT2D eigenvalue weighted by molar-refractivity contribution is -0.0766. The van der Waals surface area contributed by atoms with E-state index in [2.05, 4.69) is 26.0 Å². The summed E-state index contributed by atoms with van der Waals surface area (Å²) in [7, 11) is 0. The van der Waals surface area contributed by atoms with Gasteiger partial charge in [-0.3, -0.25) is 9.78 Å². The van der Waals surface area contributed by atoms with E-state index in [9.17, 15) is 9.90 Å². The van der Waals surface area contributed by atoms with Crippen LogP contribution in [0, 0.1) is 0 Å². The standard InChI is InChI=1S/C17H16BrN3O2/c1-2-13-11-17(23,12-7-9-19-10-8-12)21(20-13)16(22)14-5-3-4-6-15(14)18/h3-10,23H,2,11H2,1H3. The summed E-state index contributed by atoms with van der Waals surface area (Å²) in [6.45, 7) is 1.96. The lowest BCUT2D eigenvalue weighted by Gasteiger charge is -2.31. The van der Waals surface area contributed by atoms with Crippen LogP contribution in [-0.2, 0) is 5.72 Å². The Morgan fingerprint density at radius 3 is 2.65 bits per heavy atom. The van der Waals surface area contributed by atoms with Crippen LogP contribution < -0.4 is 0 Å². The van der Waals surface area contributed by atoms with Crippen molar-refractivity contribution in [3.63, 3.8) is 0 Å². The summed E-state index contributed by atoms with van der Waals surface area (Å²) in [5.74, 6) is -0.347. The molecule has 2 aromatic rings. The van der Waals surface area contributed by atoms with E-state index < -0.39 is 5.72 Å². The molecule has 1 N–H and O–H groups in total. The van der Waals surface area contributed by atoms with Gasteiger partial charge in [-0.1, -0.05) is 19.1 Å². The monoisotopic (exact) mass is 373 g/mol. The van der Waals surface area contributed by atoms with Crippen molar-refractivity contribution < 1.29 is 9.90 Å². The minimum atomic E-state index is -1.49. The average Bonchev–Trinajstić information content (AvgIpc) is 2.94. The van der Waals surface area contributed by atoms with E-state index in [4.69, 9.17) is 0 Å². The van der Waals surface area contributed by atoms with Crippen LogP contribution in [0.15, 0.2) is 58.4 Å². The third-order valence-electron chi connectivity index (χ3n) is 3.89. The fraction of sp³-hybridized carbons (Fsp3) is 0.235. The van der Waals surface area contributed by atoms with Crippen LogP contribution in [0.1, 0.15) is 35.7 Å². The number of halogens is 1. The summed E-state index contributed by atoms with van der Waals surface area (Å²) >= 11 is 3.38. The van der Waals surface area contributed by atoms with Crippen molar-refractivity contribution in [3.8, 4) is 0 Å². The second-order valence-corrected chi connectivity index (χ2v) is 6.20. The van der Waals surface area contributed by atoms with Gasteiger partial charge in [0.05, 0.1) is 5.56 Å². The highest BCUT2D eigenvalue weighted by atomic mass is 79.9. The van der Waals surface area contributed by atoms with Gasteiger partial charge < -0.3 is 5.11 Å². The van der Waals surface area contributed by atoms with E-state index in [0.29, 0.717) is 28.4 Å². The van der Waals surface area contributed by atoms with Crippen LogP contribution in [0.4, 0.5) is 0 Å². The number of amides is 1. The molecule has 1 aromatic heterocycles. The molecule has 0 aliphatic carbocycles. The molecule has 1 atom stereocenters. The van der Waals surface area contributed by atoms with Crippen LogP contribution in [0.5, 0.6) is 0 Å². The zero-order valence-electron chi connectivity index (χ0n) is 12.6. The molecule has 6 heteroatoms. The predicted octanol–water partition coefficient (Wildman–Crippen LogP) is 3.30. The second-order valence-electron chi connectivity index (χ2n) is 5.35. The Bertz CT molecular complexity index is 763. The van der Waals surface area contributed by atoms with Gasteiger partial charge in [0.15, 0.2) is 5.72 Å². The van der Waals surface area contributed by atoms with E-state index >= 15 is 0 Å². The summed E-state index contributed by atoms with van der Waals surface area (Å²) < 4.78 is 0.669.